The van der Waals surface area contributed by atoms with E-state index < -0.39 is 68.8 Å². The van der Waals surface area contributed by atoms with Crippen LogP contribution in [0, 0.1) is 0 Å². The molecule has 0 amide bonds. The minimum absolute atomic E-state index is 0.0514. The smallest absolute Gasteiger partial charge is 0.420 e. The summed E-state index contributed by atoms with van der Waals surface area (Å²) in [5, 5.41) is 8.90. The highest BCUT2D eigenvalue weighted by molar-refractivity contribution is 7.91. The number of aliphatic carboxylic acids is 1. The number of methoxy groups -OCH3 is 1. The summed E-state index contributed by atoms with van der Waals surface area (Å²) < 4.78 is 121. The van der Waals surface area contributed by atoms with Crippen LogP contribution in [0.15, 0.2) is 70.6 Å². The van der Waals surface area contributed by atoms with Gasteiger partial charge in [-0.25, -0.2) is 8.42 Å². The molecular formula is C26H20F6N2O6S. The van der Waals surface area contributed by atoms with Crippen molar-refractivity contribution < 1.29 is 54.1 Å². The van der Waals surface area contributed by atoms with E-state index >= 15 is 0 Å². The van der Waals surface area contributed by atoms with Crippen molar-refractivity contribution in [3.8, 4) is 17.2 Å². The number of hydrogen-bond acceptors (Lipinski definition) is 6. The predicted molar refractivity (Wildman–Crippen MR) is 133 cm³/mol. The quantitative estimate of drug-likeness (QED) is 0.218. The highest BCUT2D eigenvalue weighted by atomic mass is 32.2. The molecule has 1 atom stereocenters. The van der Waals surface area contributed by atoms with Gasteiger partial charge >= 0.3 is 18.3 Å². The molecule has 1 aromatic heterocycles. The number of rotatable bonds is 8. The van der Waals surface area contributed by atoms with Gasteiger partial charge in [0.05, 0.1) is 28.0 Å². The van der Waals surface area contributed by atoms with Crippen LogP contribution < -0.4 is 15.2 Å². The van der Waals surface area contributed by atoms with Crippen LogP contribution in [-0.4, -0.2) is 37.6 Å². The van der Waals surface area contributed by atoms with Crippen molar-refractivity contribution in [1.82, 2.24) is 4.98 Å². The Bertz CT molecular complexity index is 1680. The van der Waals surface area contributed by atoms with Gasteiger partial charge in [0.2, 0.25) is 9.84 Å². The zero-order chi connectivity index (χ0) is 30.3. The number of hydrogen-bond donors (Lipinski definition) is 3. The van der Waals surface area contributed by atoms with Crippen molar-refractivity contribution in [2.24, 2.45) is 5.73 Å². The van der Waals surface area contributed by atoms with Gasteiger partial charge in [-0.05, 0) is 66.6 Å². The zero-order valence-corrected chi connectivity index (χ0v) is 21.6. The van der Waals surface area contributed by atoms with Gasteiger partial charge in [-0.2, -0.15) is 26.3 Å². The van der Waals surface area contributed by atoms with Crippen LogP contribution in [-0.2, 0) is 33.4 Å². The molecule has 8 nitrogen and oxygen atoms in total. The lowest BCUT2D eigenvalue weighted by Crippen LogP contribution is -2.32. The fraction of sp³-hybridized carbons (Fsp3) is 0.192. The van der Waals surface area contributed by atoms with Crippen molar-refractivity contribution in [1.29, 1.82) is 0 Å². The molecule has 4 rings (SSSR count). The molecule has 0 saturated heterocycles. The number of carbonyl (C=O) groups is 1. The summed E-state index contributed by atoms with van der Waals surface area (Å²) in [4.78, 5) is 13.3. The van der Waals surface area contributed by atoms with Gasteiger partial charge in [-0.15, -0.1) is 0 Å². The minimum atomic E-state index is -5.35. The third kappa shape index (κ3) is 6.10. The predicted octanol–water partition coefficient (Wildman–Crippen LogP) is 5.79. The molecule has 4 aromatic rings. The zero-order valence-electron chi connectivity index (χ0n) is 20.8. The topological polar surface area (TPSA) is 132 Å². The maximum atomic E-state index is 14.0. The molecule has 0 radical (unpaired) electrons. The fourth-order valence-electron chi connectivity index (χ4n) is 4.04. The molecule has 1 heterocycles. The number of aromatic amines is 1. The van der Waals surface area contributed by atoms with E-state index in [9.17, 15) is 39.6 Å². The summed E-state index contributed by atoms with van der Waals surface area (Å²) in [6.07, 6.45) is -10.4. The second-order valence-electron chi connectivity index (χ2n) is 8.81. The molecule has 0 aliphatic heterocycles. The van der Waals surface area contributed by atoms with Crippen molar-refractivity contribution in [2.45, 2.75) is 34.6 Å². The lowest BCUT2D eigenvalue weighted by atomic mass is 9.98. The molecule has 218 valence electrons. The van der Waals surface area contributed by atoms with Crippen LogP contribution in [0.4, 0.5) is 26.3 Å². The molecule has 15 heteroatoms. The highest BCUT2D eigenvalue weighted by Crippen LogP contribution is 2.47. The van der Waals surface area contributed by atoms with Crippen LogP contribution in [0.25, 0.3) is 10.9 Å². The first-order valence-corrected chi connectivity index (χ1v) is 13.0. The lowest BCUT2D eigenvalue weighted by molar-refractivity contribution is -0.145. The average Bonchev–Trinajstić information content (AvgIpc) is 3.32. The van der Waals surface area contributed by atoms with Crippen LogP contribution in [0.5, 0.6) is 17.2 Å². The fourth-order valence-corrected chi connectivity index (χ4v) is 5.46. The standard InChI is InChI=1S/C26H20F6N2O6S/c1-39-14-2-5-16(6-3-14)41(37,38)22-12-34-21-7-4-15(11-17(21)22)40-23-18(25(27,28)29)8-13(10-20(33)24(35)36)9-19(23)26(30,31)32/h2-9,11-12,20,34H,10,33H2,1H3,(H,35,36)/t20-/m0/s1. The van der Waals surface area contributed by atoms with Gasteiger partial charge in [0.1, 0.15) is 17.5 Å². The van der Waals surface area contributed by atoms with E-state index in [0.29, 0.717) is 17.9 Å². The Morgan fingerprint density at radius 1 is 0.951 bits per heavy atom. The number of halogens is 6. The number of alkyl halides is 6. The maximum Gasteiger partial charge on any atom is 0.420 e. The number of nitrogens with one attached hydrogen (secondary N) is 1. The average molecular weight is 603 g/mol. The SMILES string of the molecule is COc1ccc(S(=O)(=O)c2c[nH]c3ccc(Oc4c(C(F)(F)F)cc(C[C@H](N)C(=O)O)cc4C(F)(F)F)cc23)cc1. The first-order chi connectivity index (χ1) is 19.0. The first-order valence-electron chi connectivity index (χ1n) is 11.5. The van der Waals surface area contributed by atoms with E-state index in [1.165, 1.54) is 37.4 Å². The Morgan fingerprint density at radius 2 is 1.51 bits per heavy atom. The first kappa shape index (κ1) is 29.7. The van der Waals surface area contributed by atoms with E-state index in [0.717, 1.165) is 18.3 Å². The van der Waals surface area contributed by atoms with Gasteiger partial charge in [-0.3, -0.25) is 4.79 Å². The number of benzene rings is 3. The van der Waals surface area contributed by atoms with Gasteiger partial charge in [0.15, 0.2) is 5.75 Å². The lowest BCUT2D eigenvalue weighted by Gasteiger charge is -2.21. The summed E-state index contributed by atoms with van der Waals surface area (Å²) in [6.45, 7) is 0. The Hall–Kier alpha value is -4.24. The highest BCUT2D eigenvalue weighted by Gasteiger charge is 2.43. The normalized spacial score (nSPS) is 13.3. The molecular weight excluding hydrogens is 582 g/mol. The Morgan fingerprint density at radius 3 is 2.02 bits per heavy atom. The van der Waals surface area contributed by atoms with E-state index in [1.807, 2.05) is 0 Å². The Kier molecular flexibility index (Phi) is 7.71. The molecule has 0 aliphatic rings. The van der Waals surface area contributed by atoms with Crippen LogP contribution in [0.3, 0.4) is 0 Å². The largest absolute Gasteiger partial charge is 0.497 e. The van der Waals surface area contributed by atoms with Gasteiger partial charge < -0.3 is 25.3 Å². The van der Waals surface area contributed by atoms with Crippen molar-refractivity contribution >= 4 is 26.7 Å². The third-order valence-electron chi connectivity index (χ3n) is 6.03. The van der Waals surface area contributed by atoms with E-state index in [2.05, 4.69) is 4.98 Å². The van der Waals surface area contributed by atoms with Crippen LogP contribution >= 0.6 is 0 Å². The second kappa shape index (κ2) is 10.6. The summed E-state index contributed by atoms with van der Waals surface area (Å²) >= 11 is 0. The van der Waals surface area contributed by atoms with Crippen molar-refractivity contribution in [3.05, 3.63) is 77.5 Å². The molecule has 0 aliphatic carbocycles. The molecule has 4 N–H and O–H groups in total. The van der Waals surface area contributed by atoms with E-state index in [4.69, 9.17) is 20.3 Å². The monoisotopic (exact) mass is 602 g/mol. The molecule has 0 fully saturated rings. The van der Waals surface area contributed by atoms with E-state index in [-0.39, 0.29) is 20.7 Å². The summed E-state index contributed by atoms with van der Waals surface area (Å²) in [7, 11) is -2.80. The molecule has 0 bridgehead atoms. The van der Waals surface area contributed by atoms with Gasteiger partial charge in [0, 0.05) is 17.1 Å². The summed E-state index contributed by atoms with van der Waals surface area (Å²) in [5.74, 6) is -3.34. The maximum absolute atomic E-state index is 14.0. The molecule has 0 unspecified atom stereocenters. The number of fused-ring (bicyclic) bond motifs is 1. The number of aromatic nitrogens is 1. The van der Waals surface area contributed by atoms with Crippen molar-refractivity contribution in [3.63, 3.8) is 0 Å². The third-order valence-corrected chi connectivity index (χ3v) is 7.84. The summed E-state index contributed by atoms with van der Waals surface area (Å²) in [5.41, 5.74) is 1.28. The number of carboxylic acid groups (broad SMARTS) is 1. The number of ether oxygens (including phenoxy) is 2. The molecule has 41 heavy (non-hydrogen) atoms. The molecule has 0 spiro atoms. The molecule has 3 aromatic carbocycles. The van der Waals surface area contributed by atoms with E-state index in [1.54, 1.807) is 0 Å². The number of H-pyrrole nitrogens is 1. The van der Waals surface area contributed by atoms with Crippen LogP contribution in [0.2, 0.25) is 0 Å². The number of nitrogens with two attached hydrogens (primary N) is 1. The number of carboxylic acids is 1. The van der Waals surface area contributed by atoms with Gasteiger partial charge in [0.25, 0.3) is 0 Å². The van der Waals surface area contributed by atoms with Crippen LogP contribution in [0.1, 0.15) is 16.7 Å². The summed E-state index contributed by atoms with van der Waals surface area (Å²) in [6, 6.07) is 7.57. The Balaban J connectivity index is 1.84. The van der Waals surface area contributed by atoms with Crippen molar-refractivity contribution in [2.75, 3.05) is 7.11 Å². The Labute approximate surface area is 228 Å². The second-order valence-corrected chi connectivity index (χ2v) is 10.7. The minimum Gasteiger partial charge on any atom is -0.497 e. The number of sulfone groups is 1. The molecule has 0 saturated carbocycles. The van der Waals surface area contributed by atoms with Gasteiger partial charge in [-0.1, -0.05) is 0 Å².